The van der Waals surface area contributed by atoms with Crippen molar-refractivity contribution in [3.63, 3.8) is 0 Å². The lowest BCUT2D eigenvalue weighted by Crippen LogP contribution is -2.49. The minimum atomic E-state index is -0.399. The number of imide groups is 1. The van der Waals surface area contributed by atoms with Crippen molar-refractivity contribution < 1.29 is 14.4 Å². The summed E-state index contributed by atoms with van der Waals surface area (Å²) in [5.41, 5.74) is 4.44. The van der Waals surface area contributed by atoms with Crippen molar-refractivity contribution in [1.82, 2.24) is 39.3 Å². The summed E-state index contributed by atoms with van der Waals surface area (Å²) in [6, 6.07) is 12.0. The van der Waals surface area contributed by atoms with Gasteiger partial charge in [0.2, 0.25) is 11.9 Å². The van der Waals surface area contributed by atoms with Crippen molar-refractivity contribution in [1.29, 1.82) is 0 Å². The standard InChI is InChI=1S/C39H46N12O3/c1-46(2)36(53)30-22-26-23-41-37(45-35(26)50(30)27-6-3-4-7-27)43-32-11-10-28(24-40-32)47-18-13-39(14-19-47)15-20-48(21-16-39)34-9-5-8-29-31(25-42-51(29)34)49-17-12-33(52)44-38(49)54/h5,8-11,22-25,27H,3-4,6-7,12-21H2,1-2H3,(H,44,52,54)(H,40,41,43,45). The van der Waals surface area contributed by atoms with Gasteiger partial charge in [0.05, 0.1) is 29.3 Å². The van der Waals surface area contributed by atoms with E-state index in [1.54, 1.807) is 36.3 Å². The van der Waals surface area contributed by atoms with Crippen molar-refractivity contribution in [2.45, 2.75) is 63.8 Å². The Labute approximate surface area is 313 Å². The number of nitrogens with zero attached hydrogens (tertiary/aromatic N) is 10. The summed E-state index contributed by atoms with van der Waals surface area (Å²) in [4.78, 5) is 59.6. The number of aromatic nitrogens is 6. The third-order valence-electron chi connectivity index (χ3n) is 12.1. The zero-order chi connectivity index (χ0) is 37.0. The summed E-state index contributed by atoms with van der Waals surface area (Å²) in [6.07, 6.45) is 14.6. The number of hydrogen-bond donors (Lipinski definition) is 2. The monoisotopic (exact) mass is 730 g/mol. The second-order valence-electron chi connectivity index (χ2n) is 15.5. The van der Waals surface area contributed by atoms with E-state index in [2.05, 4.69) is 47.2 Å². The van der Waals surface area contributed by atoms with Gasteiger partial charge in [0, 0.05) is 70.9 Å². The maximum atomic E-state index is 13.1. The van der Waals surface area contributed by atoms with Gasteiger partial charge in [-0.25, -0.2) is 19.3 Å². The van der Waals surface area contributed by atoms with Crippen LogP contribution in [-0.4, -0.2) is 98.7 Å². The molecular weight excluding hydrogens is 685 g/mol. The van der Waals surface area contributed by atoms with E-state index in [-0.39, 0.29) is 24.3 Å². The molecule has 0 unspecified atom stereocenters. The van der Waals surface area contributed by atoms with E-state index in [9.17, 15) is 14.4 Å². The average Bonchev–Trinajstić information content (AvgIpc) is 3.95. The number of hydrogen-bond acceptors (Lipinski definition) is 10. The lowest BCUT2D eigenvalue weighted by molar-refractivity contribution is -0.120. The van der Waals surface area contributed by atoms with Crippen LogP contribution in [0.25, 0.3) is 16.6 Å². The first-order valence-corrected chi connectivity index (χ1v) is 19.2. The summed E-state index contributed by atoms with van der Waals surface area (Å²) in [7, 11) is 3.57. The van der Waals surface area contributed by atoms with E-state index in [1.807, 2.05) is 35.0 Å². The van der Waals surface area contributed by atoms with E-state index in [4.69, 9.17) is 9.97 Å². The number of amides is 4. The van der Waals surface area contributed by atoms with Crippen molar-refractivity contribution >= 4 is 63.4 Å². The van der Waals surface area contributed by atoms with E-state index < -0.39 is 6.03 Å². The number of fused-ring (bicyclic) bond motifs is 2. The molecule has 0 bridgehead atoms. The van der Waals surface area contributed by atoms with Gasteiger partial charge in [-0.2, -0.15) is 10.1 Å². The normalized spacial score (nSPS) is 19.3. The first kappa shape index (κ1) is 34.1. The molecule has 4 amide bonds. The van der Waals surface area contributed by atoms with E-state index in [0.29, 0.717) is 35.1 Å². The molecular formula is C39H46N12O3. The molecule has 3 aliphatic heterocycles. The van der Waals surface area contributed by atoms with Gasteiger partial charge in [-0.1, -0.05) is 18.9 Å². The number of nitrogens with one attached hydrogen (secondary N) is 2. The molecule has 8 heterocycles. The number of carbonyl (C=O) groups is 3. The van der Waals surface area contributed by atoms with Gasteiger partial charge in [0.1, 0.15) is 23.0 Å². The number of urea groups is 1. The van der Waals surface area contributed by atoms with Crippen molar-refractivity contribution in [3.8, 4) is 0 Å². The molecule has 3 saturated heterocycles. The number of pyridine rings is 2. The fraction of sp³-hybridized carbons (Fsp3) is 0.462. The van der Waals surface area contributed by atoms with Crippen LogP contribution >= 0.6 is 0 Å². The van der Waals surface area contributed by atoms with Crippen LogP contribution in [0.5, 0.6) is 0 Å². The molecule has 2 N–H and O–H groups in total. The van der Waals surface area contributed by atoms with Crippen LogP contribution in [0.4, 0.5) is 33.8 Å². The maximum absolute atomic E-state index is 13.1. The second kappa shape index (κ2) is 13.6. The first-order valence-electron chi connectivity index (χ1n) is 19.2. The van der Waals surface area contributed by atoms with Crippen LogP contribution in [0, 0.1) is 5.41 Å². The van der Waals surface area contributed by atoms with Crippen LogP contribution in [0.15, 0.2) is 55.0 Å². The molecule has 15 heteroatoms. The summed E-state index contributed by atoms with van der Waals surface area (Å²) in [5, 5.41) is 11.2. The largest absolute Gasteiger partial charge is 0.370 e. The van der Waals surface area contributed by atoms with Crippen molar-refractivity contribution in [2.75, 3.05) is 66.8 Å². The molecule has 4 aliphatic rings. The highest BCUT2D eigenvalue weighted by molar-refractivity contribution is 6.07. The Morgan fingerprint density at radius 1 is 0.907 bits per heavy atom. The molecule has 1 saturated carbocycles. The Morgan fingerprint density at radius 2 is 1.67 bits per heavy atom. The predicted molar refractivity (Wildman–Crippen MR) is 207 cm³/mol. The van der Waals surface area contributed by atoms with E-state index in [1.165, 1.54) is 0 Å². The van der Waals surface area contributed by atoms with Crippen LogP contribution in [0.1, 0.15) is 74.3 Å². The van der Waals surface area contributed by atoms with E-state index in [0.717, 1.165) is 106 Å². The molecule has 5 aromatic heterocycles. The molecule has 0 radical (unpaired) electrons. The predicted octanol–water partition coefficient (Wildman–Crippen LogP) is 5.37. The first-order chi connectivity index (χ1) is 26.2. The van der Waals surface area contributed by atoms with Crippen LogP contribution in [0.2, 0.25) is 0 Å². The van der Waals surface area contributed by atoms with Gasteiger partial charge < -0.3 is 24.6 Å². The number of anilines is 5. The van der Waals surface area contributed by atoms with Crippen LogP contribution in [-0.2, 0) is 4.79 Å². The molecule has 0 aromatic carbocycles. The average molecular weight is 731 g/mol. The number of carbonyl (C=O) groups excluding carboxylic acids is 3. The lowest BCUT2D eigenvalue weighted by Gasteiger charge is -2.47. The van der Waals surface area contributed by atoms with Crippen molar-refractivity contribution in [3.05, 3.63) is 60.7 Å². The van der Waals surface area contributed by atoms with Gasteiger partial charge in [-0.15, -0.1) is 0 Å². The third-order valence-corrected chi connectivity index (χ3v) is 12.1. The van der Waals surface area contributed by atoms with Crippen molar-refractivity contribution in [2.24, 2.45) is 5.41 Å². The summed E-state index contributed by atoms with van der Waals surface area (Å²) >= 11 is 0. The highest BCUT2D eigenvalue weighted by atomic mass is 16.2. The Hall–Kier alpha value is -5.73. The Kier molecular flexibility index (Phi) is 8.58. The maximum Gasteiger partial charge on any atom is 0.328 e. The summed E-state index contributed by atoms with van der Waals surface area (Å²) in [5.74, 6) is 1.90. The smallest absolute Gasteiger partial charge is 0.328 e. The molecule has 5 aromatic rings. The van der Waals surface area contributed by atoms with Gasteiger partial charge in [0.15, 0.2) is 0 Å². The van der Waals surface area contributed by atoms with Crippen LogP contribution < -0.4 is 25.3 Å². The number of piperidine rings is 2. The molecule has 0 atom stereocenters. The van der Waals surface area contributed by atoms with Gasteiger partial charge in [0.25, 0.3) is 5.91 Å². The molecule has 15 nitrogen and oxygen atoms in total. The Balaban J connectivity index is 0.829. The molecule has 1 spiro atoms. The molecule has 9 rings (SSSR count). The highest BCUT2D eigenvalue weighted by Crippen LogP contribution is 2.43. The Morgan fingerprint density at radius 3 is 2.37 bits per heavy atom. The zero-order valence-corrected chi connectivity index (χ0v) is 30.9. The van der Waals surface area contributed by atoms with Crippen LogP contribution in [0.3, 0.4) is 0 Å². The van der Waals surface area contributed by atoms with E-state index >= 15 is 0 Å². The minimum Gasteiger partial charge on any atom is -0.370 e. The molecule has 280 valence electrons. The molecule has 54 heavy (non-hydrogen) atoms. The van der Waals surface area contributed by atoms with Gasteiger partial charge in [-0.3, -0.25) is 19.8 Å². The minimum absolute atomic E-state index is 0.0221. The zero-order valence-electron chi connectivity index (χ0n) is 30.9. The highest BCUT2D eigenvalue weighted by Gasteiger charge is 2.38. The summed E-state index contributed by atoms with van der Waals surface area (Å²) < 4.78 is 4.05. The summed E-state index contributed by atoms with van der Waals surface area (Å²) in [6.45, 7) is 4.21. The fourth-order valence-electron chi connectivity index (χ4n) is 8.93. The fourth-order valence-corrected chi connectivity index (χ4v) is 8.93. The SMILES string of the molecule is CN(C)C(=O)c1cc2cnc(Nc3ccc(N4CCC5(CC4)CCN(c4cccc6c(N7CCC(=O)NC7=O)cnn46)CC5)cn3)nc2n1C1CCCC1. The third kappa shape index (κ3) is 6.14. The quantitative estimate of drug-likeness (QED) is 0.224. The van der Waals surface area contributed by atoms with Gasteiger partial charge >= 0.3 is 6.03 Å². The number of rotatable bonds is 7. The van der Waals surface area contributed by atoms with Gasteiger partial charge in [-0.05, 0) is 74.3 Å². The second-order valence-corrected chi connectivity index (χ2v) is 15.5. The topological polar surface area (TPSA) is 149 Å². The Bertz CT molecular complexity index is 2220. The molecule has 1 aliphatic carbocycles. The lowest BCUT2D eigenvalue weighted by atomic mass is 9.71. The molecule has 4 fully saturated rings.